The fraction of sp³-hybridized carbons (Fsp3) is 0.429. The number of aromatic nitrogens is 2. The summed E-state index contributed by atoms with van der Waals surface area (Å²) in [6.07, 6.45) is 2.25. The third kappa shape index (κ3) is 2.76. The van der Waals surface area contributed by atoms with E-state index in [0.717, 1.165) is 30.0 Å². The van der Waals surface area contributed by atoms with Crippen LogP contribution < -0.4 is 5.32 Å². The lowest BCUT2D eigenvalue weighted by atomic mass is 10.2. The monoisotopic (exact) mass is 291 g/mol. The number of nitrogens with zero attached hydrogens (tertiary/aromatic N) is 2. The summed E-state index contributed by atoms with van der Waals surface area (Å²) >= 11 is 1.64. The molecule has 3 heterocycles. The number of aryl methyl sites for hydroxylation is 1. The minimum Gasteiger partial charge on any atom is -0.376 e. The molecule has 1 amide bonds. The van der Waals surface area contributed by atoms with Crippen LogP contribution in [0.3, 0.4) is 0 Å². The lowest BCUT2D eigenvalue weighted by Gasteiger charge is -2.09. The van der Waals surface area contributed by atoms with E-state index >= 15 is 0 Å². The van der Waals surface area contributed by atoms with Gasteiger partial charge in [-0.05, 0) is 30.4 Å². The Morgan fingerprint density at radius 3 is 3.25 bits per heavy atom. The Morgan fingerprint density at radius 2 is 2.55 bits per heavy atom. The van der Waals surface area contributed by atoms with Gasteiger partial charge < -0.3 is 10.1 Å². The zero-order valence-corrected chi connectivity index (χ0v) is 12.2. The Balaban J connectivity index is 1.67. The van der Waals surface area contributed by atoms with Gasteiger partial charge in [0.1, 0.15) is 0 Å². The average molecular weight is 291 g/mol. The Bertz CT molecular complexity index is 586. The molecule has 0 aromatic carbocycles. The average Bonchev–Trinajstić information content (AvgIpc) is 3.17. The number of amides is 1. The van der Waals surface area contributed by atoms with E-state index in [9.17, 15) is 4.79 Å². The second-order valence-electron chi connectivity index (χ2n) is 4.86. The van der Waals surface area contributed by atoms with Gasteiger partial charge in [0, 0.05) is 20.2 Å². The summed E-state index contributed by atoms with van der Waals surface area (Å²) < 4.78 is 7.23. The normalized spacial score (nSPS) is 18.4. The maximum absolute atomic E-state index is 12.1. The number of hydrogen-bond donors (Lipinski definition) is 1. The molecule has 1 atom stereocenters. The minimum atomic E-state index is -0.140. The summed E-state index contributed by atoms with van der Waals surface area (Å²) in [5.74, 6) is -0.140. The van der Waals surface area contributed by atoms with Crippen molar-refractivity contribution in [3.63, 3.8) is 0 Å². The standard InChI is InChI=1S/C14H17N3O2S/c1-17-12(13-5-3-7-20-13)8-11(16-17)14(18)15-9-10-4-2-6-19-10/h3,5,7-8,10H,2,4,6,9H2,1H3,(H,15,18). The van der Waals surface area contributed by atoms with Crippen LogP contribution in [0.2, 0.25) is 0 Å². The van der Waals surface area contributed by atoms with Crippen molar-refractivity contribution in [1.29, 1.82) is 0 Å². The first-order chi connectivity index (χ1) is 9.74. The molecule has 0 saturated carbocycles. The molecule has 0 bridgehead atoms. The highest BCUT2D eigenvalue weighted by molar-refractivity contribution is 7.13. The van der Waals surface area contributed by atoms with Crippen molar-refractivity contribution in [2.75, 3.05) is 13.2 Å². The van der Waals surface area contributed by atoms with Gasteiger partial charge in [-0.3, -0.25) is 9.48 Å². The van der Waals surface area contributed by atoms with Crippen molar-refractivity contribution in [2.24, 2.45) is 7.05 Å². The number of rotatable bonds is 4. The number of hydrogen-bond acceptors (Lipinski definition) is 4. The number of thiophene rings is 1. The van der Waals surface area contributed by atoms with Crippen LogP contribution >= 0.6 is 11.3 Å². The Labute approximate surface area is 121 Å². The summed E-state index contributed by atoms with van der Waals surface area (Å²) in [7, 11) is 1.85. The first kappa shape index (κ1) is 13.3. The molecule has 2 aromatic heterocycles. The summed E-state index contributed by atoms with van der Waals surface area (Å²) in [6, 6.07) is 5.84. The molecule has 106 valence electrons. The summed E-state index contributed by atoms with van der Waals surface area (Å²) in [6.45, 7) is 1.36. The second kappa shape index (κ2) is 5.76. The van der Waals surface area contributed by atoms with Gasteiger partial charge in [0.15, 0.2) is 5.69 Å². The van der Waals surface area contributed by atoms with Crippen molar-refractivity contribution >= 4 is 17.2 Å². The molecule has 1 aliphatic rings. The van der Waals surface area contributed by atoms with Crippen molar-refractivity contribution in [2.45, 2.75) is 18.9 Å². The third-order valence-electron chi connectivity index (χ3n) is 3.40. The molecule has 1 fully saturated rings. The Morgan fingerprint density at radius 1 is 1.65 bits per heavy atom. The molecule has 0 spiro atoms. The van der Waals surface area contributed by atoms with Gasteiger partial charge >= 0.3 is 0 Å². The predicted molar refractivity (Wildman–Crippen MR) is 77.8 cm³/mol. The van der Waals surface area contributed by atoms with Gasteiger partial charge in [0.2, 0.25) is 0 Å². The van der Waals surface area contributed by atoms with Gasteiger partial charge in [-0.15, -0.1) is 11.3 Å². The maximum Gasteiger partial charge on any atom is 0.271 e. The highest BCUT2D eigenvalue weighted by atomic mass is 32.1. The van der Waals surface area contributed by atoms with Crippen LogP contribution in [0.1, 0.15) is 23.3 Å². The maximum atomic E-state index is 12.1. The molecular weight excluding hydrogens is 274 g/mol. The molecule has 5 nitrogen and oxygen atoms in total. The highest BCUT2D eigenvalue weighted by Crippen LogP contribution is 2.24. The number of nitrogens with one attached hydrogen (secondary N) is 1. The van der Waals surface area contributed by atoms with E-state index in [1.54, 1.807) is 16.0 Å². The van der Waals surface area contributed by atoms with E-state index in [-0.39, 0.29) is 12.0 Å². The molecule has 0 radical (unpaired) electrons. The highest BCUT2D eigenvalue weighted by Gasteiger charge is 2.18. The van der Waals surface area contributed by atoms with Crippen molar-refractivity contribution in [1.82, 2.24) is 15.1 Å². The number of carbonyl (C=O) groups is 1. The van der Waals surface area contributed by atoms with Gasteiger partial charge in [-0.1, -0.05) is 6.07 Å². The van der Waals surface area contributed by atoms with Crippen LogP contribution in [0.5, 0.6) is 0 Å². The number of carbonyl (C=O) groups excluding carboxylic acids is 1. The van der Waals surface area contributed by atoms with E-state index in [2.05, 4.69) is 10.4 Å². The SMILES string of the molecule is Cn1nc(C(=O)NCC2CCCO2)cc1-c1cccs1. The summed E-state index contributed by atoms with van der Waals surface area (Å²) in [5, 5.41) is 9.19. The molecular formula is C14H17N3O2S. The molecule has 2 aromatic rings. The van der Waals surface area contributed by atoms with E-state index in [1.165, 1.54) is 0 Å². The van der Waals surface area contributed by atoms with Crippen LogP contribution in [0.25, 0.3) is 10.6 Å². The molecule has 0 aliphatic carbocycles. The molecule has 1 N–H and O–H groups in total. The van der Waals surface area contributed by atoms with Crippen LogP contribution in [0.15, 0.2) is 23.6 Å². The zero-order valence-electron chi connectivity index (χ0n) is 11.3. The zero-order chi connectivity index (χ0) is 13.9. The third-order valence-corrected chi connectivity index (χ3v) is 4.29. The van der Waals surface area contributed by atoms with Crippen LogP contribution in [0.4, 0.5) is 0 Å². The summed E-state index contributed by atoms with van der Waals surface area (Å²) in [5.41, 5.74) is 1.41. The Hall–Kier alpha value is -1.66. The van der Waals surface area contributed by atoms with Gasteiger partial charge in [-0.25, -0.2) is 0 Å². The fourth-order valence-electron chi connectivity index (χ4n) is 2.34. The molecule has 6 heteroatoms. The van der Waals surface area contributed by atoms with Gasteiger partial charge in [-0.2, -0.15) is 5.10 Å². The molecule has 1 aliphatic heterocycles. The van der Waals surface area contributed by atoms with Crippen LogP contribution in [-0.2, 0) is 11.8 Å². The fourth-order valence-corrected chi connectivity index (χ4v) is 3.11. The smallest absolute Gasteiger partial charge is 0.271 e. The minimum absolute atomic E-state index is 0.140. The van der Waals surface area contributed by atoms with E-state index in [1.807, 2.05) is 30.6 Å². The largest absolute Gasteiger partial charge is 0.376 e. The second-order valence-corrected chi connectivity index (χ2v) is 5.81. The van der Waals surface area contributed by atoms with E-state index < -0.39 is 0 Å². The lowest BCUT2D eigenvalue weighted by Crippen LogP contribution is -2.32. The quantitative estimate of drug-likeness (QED) is 0.938. The lowest BCUT2D eigenvalue weighted by molar-refractivity contribution is 0.0853. The van der Waals surface area contributed by atoms with Gasteiger partial charge in [0.05, 0.1) is 16.7 Å². The molecule has 20 heavy (non-hydrogen) atoms. The predicted octanol–water partition coefficient (Wildman–Crippen LogP) is 2.06. The van der Waals surface area contributed by atoms with E-state index in [4.69, 9.17) is 4.74 Å². The molecule has 3 rings (SSSR count). The van der Waals surface area contributed by atoms with Crippen molar-refractivity contribution in [3.8, 4) is 10.6 Å². The first-order valence-electron chi connectivity index (χ1n) is 6.72. The van der Waals surface area contributed by atoms with Crippen molar-refractivity contribution in [3.05, 3.63) is 29.3 Å². The first-order valence-corrected chi connectivity index (χ1v) is 7.60. The molecule has 1 saturated heterocycles. The van der Waals surface area contributed by atoms with Crippen LogP contribution in [0, 0.1) is 0 Å². The summed E-state index contributed by atoms with van der Waals surface area (Å²) in [4.78, 5) is 13.2. The van der Waals surface area contributed by atoms with Crippen LogP contribution in [-0.4, -0.2) is 34.9 Å². The van der Waals surface area contributed by atoms with E-state index in [0.29, 0.717) is 12.2 Å². The Kier molecular flexibility index (Phi) is 3.84. The van der Waals surface area contributed by atoms with Gasteiger partial charge in [0.25, 0.3) is 5.91 Å². The number of ether oxygens (including phenoxy) is 1. The molecule has 1 unspecified atom stereocenters. The topological polar surface area (TPSA) is 56.2 Å². The van der Waals surface area contributed by atoms with Crippen molar-refractivity contribution < 1.29 is 9.53 Å².